The van der Waals surface area contributed by atoms with Crippen molar-refractivity contribution in [2.75, 3.05) is 7.11 Å². The Morgan fingerprint density at radius 2 is 1.90 bits per heavy atom. The largest absolute Gasteiger partial charge is 0.494 e. The van der Waals surface area contributed by atoms with Gasteiger partial charge in [-0.1, -0.05) is 29.8 Å². The normalized spacial score (nSPS) is 11.7. The van der Waals surface area contributed by atoms with Crippen molar-refractivity contribution < 1.29 is 13.2 Å². The summed E-state index contributed by atoms with van der Waals surface area (Å²) in [5.41, 5.74) is 0.305. The van der Waals surface area contributed by atoms with Crippen molar-refractivity contribution in [1.82, 2.24) is 8.96 Å². The molecule has 7 heteroatoms. The third-order valence-corrected chi connectivity index (χ3v) is 5.09. The van der Waals surface area contributed by atoms with Crippen molar-refractivity contribution in [3.8, 4) is 5.75 Å². The number of halogens is 1. The average Bonchev–Trinajstić information content (AvgIpc) is 2.95. The molecule has 0 bridgehead atoms. The molecule has 0 aliphatic carbocycles. The van der Waals surface area contributed by atoms with Crippen LogP contribution >= 0.6 is 11.6 Å². The van der Waals surface area contributed by atoms with E-state index in [1.165, 1.54) is 31.6 Å². The molecule has 0 fully saturated rings. The third-order valence-electron chi connectivity index (χ3n) is 3.13. The molecule has 0 N–H and O–H groups in total. The van der Waals surface area contributed by atoms with E-state index < -0.39 is 10.0 Å². The van der Waals surface area contributed by atoms with Crippen LogP contribution in [-0.4, -0.2) is 24.5 Å². The molecule has 0 saturated heterocycles. The lowest BCUT2D eigenvalue weighted by Crippen LogP contribution is -2.12. The molecular weight excluding hydrogens is 312 g/mol. The van der Waals surface area contributed by atoms with Crippen LogP contribution in [0.2, 0.25) is 5.15 Å². The Kier molecular flexibility index (Phi) is 3.35. The molecule has 0 unspecified atom stereocenters. The SMILES string of the molecule is COc1cnc(Cl)c2c1ccn2S(=O)(=O)c1ccccc1. The van der Waals surface area contributed by atoms with Crippen molar-refractivity contribution in [3.63, 3.8) is 0 Å². The van der Waals surface area contributed by atoms with Gasteiger partial charge in [0.25, 0.3) is 10.0 Å². The molecule has 0 radical (unpaired) electrons. The Bertz CT molecular complexity index is 905. The summed E-state index contributed by atoms with van der Waals surface area (Å²) in [5, 5.41) is 0.701. The highest BCUT2D eigenvalue weighted by Gasteiger charge is 2.22. The van der Waals surface area contributed by atoms with Gasteiger partial charge in [0, 0.05) is 11.6 Å². The number of fused-ring (bicyclic) bond motifs is 1. The second kappa shape index (κ2) is 5.05. The standard InChI is InChI=1S/C14H11ClN2O3S/c1-20-12-9-16-14(15)13-11(12)7-8-17(13)21(18,19)10-5-3-2-4-6-10/h2-9H,1H3. The maximum atomic E-state index is 12.7. The molecule has 2 heterocycles. The van der Waals surface area contributed by atoms with Crippen LogP contribution in [0.5, 0.6) is 5.75 Å². The Morgan fingerprint density at radius 3 is 2.57 bits per heavy atom. The lowest BCUT2D eigenvalue weighted by Gasteiger charge is -2.09. The number of ether oxygens (including phenoxy) is 1. The maximum absolute atomic E-state index is 12.7. The first kappa shape index (κ1) is 13.9. The summed E-state index contributed by atoms with van der Waals surface area (Å²) in [6.07, 6.45) is 2.91. The van der Waals surface area contributed by atoms with E-state index in [4.69, 9.17) is 16.3 Å². The monoisotopic (exact) mass is 322 g/mol. The Morgan fingerprint density at radius 1 is 1.19 bits per heavy atom. The Labute approximate surface area is 126 Å². The van der Waals surface area contributed by atoms with E-state index in [9.17, 15) is 8.42 Å². The predicted molar refractivity (Wildman–Crippen MR) is 80.3 cm³/mol. The molecule has 0 aliphatic rings. The first-order valence-corrected chi connectivity index (χ1v) is 7.87. The van der Waals surface area contributed by atoms with Gasteiger partial charge in [-0.2, -0.15) is 0 Å². The van der Waals surface area contributed by atoms with E-state index in [0.29, 0.717) is 16.7 Å². The van der Waals surface area contributed by atoms with Crippen LogP contribution in [-0.2, 0) is 10.0 Å². The zero-order valence-corrected chi connectivity index (χ0v) is 12.6. The highest BCUT2D eigenvalue weighted by Crippen LogP contribution is 2.32. The average molecular weight is 323 g/mol. The smallest absolute Gasteiger partial charge is 0.268 e. The van der Waals surface area contributed by atoms with Gasteiger partial charge in [-0.05, 0) is 18.2 Å². The first-order chi connectivity index (χ1) is 10.1. The van der Waals surface area contributed by atoms with Crippen LogP contribution in [0.3, 0.4) is 0 Å². The van der Waals surface area contributed by atoms with Gasteiger partial charge in [0.1, 0.15) is 11.3 Å². The zero-order chi connectivity index (χ0) is 15.0. The van der Waals surface area contributed by atoms with Crippen LogP contribution in [0, 0.1) is 0 Å². The van der Waals surface area contributed by atoms with Crippen molar-refractivity contribution in [2.45, 2.75) is 4.90 Å². The number of hydrogen-bond donors (Lipinski definition) is 0. The molecule has 108 valence electrons. The molecule has 21 heavy (non-hydrogen) atoms. The van der Waals surface area contributed by atoms with Gasteiger partial charge in [-0.25, -0.2) is 17.4 Å². The van der Waals surface area contributed by atoms with Gasteiger partial charge < -0.3 is 4.74 Å². The summed E-state index contributed by atoms with van der Waals surface area (Å²) < 4.78 is 31.7. The minimum absolute atomic E-state index is 0.107. The molecule has 1 aromatic carbocycles. The van der Waals surface area contributed by atoms with Gasteiger partial charge in [-0.15, -0.1) is 0 Å². The van der Waals surface area contributed by atoms with Crippen LogP contribution in [0.25, 0.3) is 10.9 Å². The topological polar surface area (TPSA) is 61.2 Å². The van der Waals surface area contributed by atoms with E-state index in [1.807, 2.05) is 0 Å². The van der Waals surface area contributed by atoms with E-state index in [1.54, 1.807) is 24.3 Å². The fraction of sp³-hybridized carbons (Fsp3) is 0.0714. The lowest BCUT2D eigenvalue weighted by molar-refractivity contribution is 0.418. The minimum atomic E-state index is -3.73. The van der Waals surface area contributed by atoms with E-state index in [0.717, 1.165) is 3.97 Å². The molecule has 5 nitrogen and oxygen atoms in total. The van der Waals surface area contributed by atoms with Crippen LogP contribution < -0.4 is 4.74 Å². The molecule has 0 amide bonds. The maximum Gasteiger partial charge on any atom is 0.268 e. The van der Waals surface area contributed by atoms with Crippen molar-refractivity contribution in [1.29, 1.82) is 0 Å². The summed E-state index contributed by atoms with van der Waals surface area (Å²) in [5.74, 6) is 0.469. The first-order valence-electron chi connectivity index (χ1n) is 6.06. The number of hydrogen-bond acceptors (Lipinski definition) is 4. The Hall–Kier alpha value is -2.05. The fourth-order valence-electron chi connectivity index (χ4n) is 2.13. The van der Waals surface area contributed by atoms with Gasteiger partial charge in [0.15, 0.2) is 5.15 Å². The minimum Gasteiger partial charge on any atom is -0.494 e. The summed E-state index contributed by atoms with van der Waals surface area (Å²) >= 11 is 6.07. The molecule has 0 atom stereocenters. The highest BCUT2D eigenvalue weighted by molar-refractivity contribution is 7.90. The van der Waals surface area contributed by atoms with Gasteiger partial charge in [0.2, 0.25) is 0 Å². The van der Waals surface area contributed by atoms with Crippen molar-refractivity contribution in [2.24, 2.45) is 0 Å². The summed E-state index contributed by atoms with van der Waals surface area (Å²) in [4.78, 5) is 4.16. The molecule has 0 saturated carbocycles. The molecule has 2 aromatic heterocycles. The van der Waals surface area contributed by atoms with Crippen molar-refractivity contribution in [3.05, 3.63) is 53.9 Å². The van der Waals surface area contributed by atoms with Gasteiger partial charge in [0.05, 0.1) is 18.2 Å². The predicted octanol–water partition coefficient (Wildman–Crippen LogP) is 2.94. The summed E-state index contributed by atoms with van der Waals surface area (Å²) in [7, 11) is -2.24. The molecule has 3 aromatic rings. The van der Waals surface area contributed by atoms with E-state index >= 15 is 0 Å². The Balaban J connectivity index is 2.32. The van der Waals surface area contributed by atoms with Gasteiger partial charge >= 0.3 is 0 Å². The van der Waals surface area contributed by atoms with E-state index in [-0.39, 0.29) is 10.0 Å². The van der Waals surface area contributed by atoms with Crippen molar-refractivity contribution >= 4 is 32.5 Å². The molecular formula is C14H11ClN2O3S. The number of rotatable bonds is 3. The quantitative estimate of drug-likeness (QED) is 0.696. The fourth-order valence-corrected chi connectivity index (χ4v) is 3.80. The number of pyridine rings is 1. The number of aromatic nitrogens is 2. The van der Waals surface area contributed by atoms with Crippen LogP contribution in [0.1, 0.15) is 0 Å². The lowest BCUT2D eigenvalue weighted by atomic mass is 10.3. The van der Waals surface area contributed by atoms with Gasteiger partial charge in [-0.3, -0.25) is 0 Å². The number of nitrogens with zero attached hydrogens (tertiary/aromatic N) is 2. The molecule has 0 spiro atoms. The van der Waals surface area contributed by atoms with Crippen LogP contribution in [0.15, 0.2) is 53.7 Å². The second-order valence-electron chi connectivity index (χ2n) is 4.31. The zero-order valence-electron chi connectivity index (χ0n) is 11.0. The highest BCUT2D eigenvalue weighted by atomic mass is 35.5. The van der Waals surface area contributed by atoms with Crippen LogP contribution in [0.4, 0.5) is 0 Å². The second-order valence-corrected chi connectivity index (χ2v) is 6.48. The summed E-state index contributed by atoms with van der Waals surface area (Å²) in [6.45, 7) is 0. The molecule has 0 aliphatic heterocycles. The third kappa shape index (κ3) is 2.16. The van der Waals surface area contributed by atoms with E-state index in [2.05, 4.69) is 4.98 Å². The summed E-state index contributed by atoms with van der Waals surface area (Å²) in [6, 6.07) is 9.79. The molecule has 3 rings (SSSR count). The number of benzene rings is 1. The number of methoxy groups -OCH3 is 1.